The third kappa shape index (κ3) is 6.61. The van der Waals surface area contributed by atoms with Gasteiger partial charge in [0.1, 0.15) is 0 Å². The number of rotatable bonds is 8. The zero-order valence-electron chi connectivity index (χ0n) is 15.4. The molecule has 5 nitrogen and oxygen atoms in total. The zero-order valence-corrected chi connectivity index (χ0v) is 15.4. The molecule has 2 N–H and O–H groups in total. The van der Waals surface area contributed by atoms with E-state index in [0.29, 0.717) is 5.56 Å². The van der Waals surface area contributed by atoms with Crippen LogP contribution in [0.25, 0.3) is 10.9 Å². The molecule has 138 valence electrons. The number of benzene rings is 1. The number of carbonyl (C=O) groups is 2. The summed E-state index contributed by atoms with van der Waals surface area (Å²) >= 11 is 0. The number of unbranched alkanes of at least 4 members (excludes halogenated alkanes) is 3. The summed E-state index contributed by atoms with van der Waals surface area (Å²) in [6.07, 6.45) is 8.31. The Balaban J connectivity index is 0.000000250. The minimum absolute atomic E-state index is 0.0426. The number of H-pyrrole nitrogens is 1. The van der Waals surface area contributed by atoms with Gasteiger partial charge < -0.3 is 14.8 Å². The van der Waals surface area contributed by atoms with Gasteiger partial charge in [0, 0.05) is 17.1 Å². The molecule has 0 spiro atoms. The topological polar surface area (TPSA) is 79.4 Å². The molecule has 0 bridgehead atoms. The summed E-state index contributed by atoms with van der Waals surface area (Å²) in [5, 5.41) is 9.51. The van der Waals surface area contributed by atoms with Crippen molar-refractivity contribution < 1.29 is 19.4 Å². The van der Waals surface area contributed by atoms with Gasteiger partial charge in [0.2, 0.25) is 0 Å². The van der Waals surface area contributed by atoms with Crippen LogP contribution in [0.3, 0.4) is 0 Å². The Labute approximate surface area is 149 Å². The number of nitrogens with one attached hydrogen (secondary N) is 1. The number of aromatic amines is 1. The van der Waals surface area contributed by atoms with Gasteiger partial charge >= 0.3 is 11.9 Å². The molecule has 0 amide bonds. The van der Waals surface area contributed by atoms with Crippen molar-refractivity contribution in [2.24, 2.45) is 5.92 Å². The Hall–Kier alpha value is -2.30. The molecule has 0 aliphatic rings. The molecule has 5 heteroatoms. The predicted octanol–water partition coefficient (Wildman–Crippen LogP) is 5.02. The van der Waals surface area contributed by atoms with Crippen LogP contribution < -0.4 is 0 Å². The molecule has 0 saturated heterocycles. The highest BCUT2D eigenvalue weighted by atomic mass is 16.5. The largest absolute Gasteiger partial charge is 0.478 e. The fourth-order valence-corrected chi connectivity index (χ4v) is 2.72. The number of para-hydroxylation sites is 1. The van der Waals surface area contributed by atoms with Crippen LogP contribution in [0.2, 0.25) is 0 Å². The molecule has 1 unspecified atom stereocenters. The summed E-state index contributed by atoms with van der Waals surface area (Å²) in [4.78, 5) is 24.7. The number of ether oxygens (including phenoxy) is 1. The third-order valence-electron chi connectivity index (χ3n) is 4.25. The van der Waals surface area contributed by atoms with Gasteiger partial charge in [-0.2, -0.15) is 0 Å². The van der Waals surface area contributed by atoms with E-state index >= 15 is 0 Å². The van der Waals surface area contributed by atoms with E-state index in [9.17, 15) is 9.59 Å². The number of carboxylic acids is 1. The van der Waals surface area contributed by atoms with Gasteiger partial charge in [-0.15, -0.1) is 0 Å². The molecule has 0 saturated carbocycles. The number of fused-ring (bicyclic) bond motifs is 1. The Bertz CT molecular complexity index is 663. The summed E-state index contributed by atoms with van der Waals surface area (Å²) in [5.74, 6) is -0.812. The number of aromatic nitrogens is 1. The maximum atomic E-state index is 11.2. The van der Waals surface area contributed by atoms with Crippen molar-refractivity contribution in [2.45, 2.75) is 52.4 Å². The number of hydrogen-bond acceptors (Lipinski definition) is 3. The molecular formula is C20H29NO4. The summed E-state index contributed by atoms with van der Waals surface area (Å²) in [6.45, 7) is 4.24. The third-order valence-corrected chi connectivity index (χ3v) is 4.25. The van der Waals surface area contributed by atoms with Crippen molar-refractivity contribution >= 4 is 22.8 Å². The number of carbonyl (C=O) groups excluding carboxylic acids is 1. The van der Waals surface area contributed by atoms with Crippen LogP contribution >= 0.6 is 0 Å². The van der Waals surface area contributed by atoms with E-state index in [-0.39, 0.29) is 11.9 Å². The van der Waals surface area contributed by atoms with Crippen LogP contribution in [0, 0.1) is 5.92 Å². The summed E-state index contributed by atoms with van der Waals surface area (Å²) in [7, 11) is 1.47. The van der Waals surface area contributed by atoms with Crippen molar-refractivity contribution in [1.29, 1.82) is 0 Å². The van der Waals surface area contributed by atoms with E-state index in [1.807, 2.05) is 25.1 Å². The van der Waals surface area contributed by atoms with Gasteiger partial charge in [-0.05, 0) is 18.9 Å². The first kappa shape index (κ1) is 20.7. The molecule has 2 aromatic rings. The van der Waals surface area contributed by atoms with Crippen LogP contribution in [0.4, 0.5) is 0 Å². The number of esters is 1. The molecule has 1 atom stereocenters. The van der Waals surface area contributed by atoms with Crippen LogP contribution in [0.15, 0.2) is 30.5 Å². The fourth-order valence-electron chi connectivity index (χ4n) is 2.72. The maximum absolute atomic E-state index is 11.2. The van der Waals surface area contributed by atoms with Crippen LogP contribution in [-0.2, 0) is 9.53 Å². The lowest BCUT2D eigenvalue weighted by Crippen LogP contribution is -2.15. The normalized spacial score (nSPS) is 11.5. The second-order valence-electron chi connectivity index (χ2n) is 6.03. The maximum Gasteiger partial charge on any atom is 0.337 e. The highest BCUT2D eigenvalue weighted by Crippen LogP contribution is 2.17. The first-order valence-electron chi connectivity index (χ1n) is 8.92. The molecule has 1 heterocycles. The van der Waals surface area contributed by atoms with E-state index in [0.717, 1.165) is 30.2 Å². The van der Waals surface area contributed by atoms with Gasteiger partial charge in [-0.3, -0.25) is 4.79 Å². The Morgan fingerprint density at radius 3 is 2.48 bits per heavy atom. The fraction of sp³-hybridized carbons (Fsp3) is 0.500. The first-order chi connectivity index (χ1) is 12.0. The smallest absolute Gasteiger partial charge is 0.337 e. The van der Waals surface area contributed by atoms with Crippen molar-refractivity contribution in [3.8, 4) is 0 Å². The van der Waals surface area contributed by atoms with Gasteiger partial charge in [0.25, 0.3) is 0 Å². The average Bonchev–Trinajstić information content (AvgIpc) is 3.06. The zero-order chi connectivity index (χ0) is 18.7. The van der Waals surface area contributed by atoms with Gasteiger partial charge in [0.05, 0.1) is 18.6 Å². The standard InChI is InChI=1S/C11H22O2.C9H7NO2/c1-4-6-7-8-9-10(5-2)11(12)13-3;11-9(12)7-5-10-8-4-2-1-3-6(7)8/h10H,4-9H2,1-3H3;1-5,10H,(H,11,12). The SMILES string of the molecule is CCCCCCC(CC)C(=O)OC.O=C(O)c1c[nH]c2ccccc12. The molecule has 0 radical (unpaired) electrons. The second kappa shape index (κ2) is 11.3. The van der Waals surface area contributed by atoms with Crippen LogP contribution in [0.1, 0.15) is 62.7 Å². The molecular weight excluding hydrogens is 318 g/mol. The van der Waals surface area contributed by atoms with Gasteiger partial charge in [0.15, 0.2) is 0 Å². The van der Waals surface area contributed by atoms with Crippen LogP contribution in [-0.4, -0.2) is 29.1 Å². The minimum Gasteiger partial charge on any atom is -0.478 e. The lowest BCUT2D eigenvalue weighted by Gasteiger charge is -2.11. The summed E-state index contributed by atoms with van der Waals surface area (Å²) < 4.78 is 4.72. The molecule has 0 aliphatic heterocycles. The number of hydrogen-bond donors (Lipinski definition) is 2. The Morgan fingerprint density at radius 2 is 1.88 bits per heavy atom. The molecule has 25 heavy (non-hydrogen) atoms. The van der Waals surface area contributed by atoms with Crippen molar-refractivity contribution in [3.63, 3.8) is 0 Å². The summed E-state index contributed by atoms with van der Waals surface area (Å²) in [6, 6.07) is 7.32. The first-order valence-corrected chi connectivity index (χ1v) is 8.92. The molecule has 0 fully saturated rings. The number of aromatic carboxylic acids is 1. The van der Waals surface area contributed by atoms with Crippen molar-refractivity contribution in [1.82, 2.24) is 4.98 Å². The van der Waals surface area contributed by atoms with E-state index in [1.54, 1.807) is 6.07 Å². The van der Waals surface area contributed by atoms with Crippen molar-refractivity contribution in [2.75, 3.05) is 7.11 Å². The molecule has 1 aromatic heterocycles. The van der Waals surface area contributed by atoms with E-state index < -0.39 is 5.97 Å². The highest BCUT2D eigenvalue weighted by Gasteiger charge is 2.15. The number of methoxy groups -OCH3 is 1. The number of carboxylic acid groups (broad SMARTS) is 1. The molecule has 0 aliphatic carbocycles. The van der Waals surface area contributed by atoms with Gasteiger partial charge in [-0.1, -0.05) is 57.7 Å². The Morgan fingerprint density at radius 1 is 1.16 bits per heavy atom. The van der Waals surface area contributed by atoms with E-state index in [1.165, 1.54) is 32.6 Å². The minimum atomic E-state index is -0.896. The highest BCUT2D eigenvalue weighted by molar-refractivity contribution is 6.02. The van der Waals surface area contributed by atoms with Gasteiger partial charge in [-0.25, -0.2) is 4.79 Å². The van der Waals surface area contributed by atoms with E-state index in [2.05, 4.69) is 11.9 Å². The second-order valence-corrected chi connectivity index (χ2v) is 6.03. The summed E-state index contributed by atoms with van der Waals surface area (Å²) in [5.41, 5.74) is 1.18. The molecule has 1 aromatic carbocycles. The van der Waals surface area contributed by atoms with E-state index in [4.69, 9.17) is 9.84 Å². The monoisotopic (exact) mass is 347 g/mol. The lowest BCUT2D eigenvalue weighted by atomic mass is 9.98. The lowest BCUT2D eigenvalue weighted by molar-refractivity contribution is -0.145. The quantitative estimate of drug-likeness (QED) is 0.519. The molecule has 2 rings (SSSR count). The van der Waals surface area contributed by atoms with Crippen molar-refractivity contribution in [3.05, 3.63) is 36.0 Å². The average molecular weight is 347 g/mol. The predicted molar refractivity (Wildman–Crippen MR) is 99.8 cm³/mol. The van der Waals surface area contributed by atoms with Crippen LogP contribution in [0.5, 0.6) is 0 Å². The Kier molecular flexibility index (Phi) is 9.37.